The average molecular weight is 313 g/mol. The first-order chi connectivity index (χ1) is 11.1. The summed E-state index contributed by atoms with van der Waals surface area (Å²) in [6.45, 7) is 5.30. The molecule has 0 aliphatic rings. The van der Waals surface area contributed by atoms with E-state index in [0.717, 1.165) is 36.3 Å². The summed E-state index contributed by atoms with van der Waals surface area (Å²) >= 11 is 0. The third-order valence-corrected chi connectivity index (χ3v) is 3.64. The van der Waals surface area contributed by atoms with Crippen LogP contribution in [0.1, 0.15) is 34.3 Å². The topological polar surface area (TPSA) is 58.6 Å². The Balaban J connectivity index is 1.74. The van der Waals surface area contributed by atoms with Crippen LogP contribution in [0.15, 0.2) is 42.5 Å². The molecule has 2 rings (SSSR count). The number of carbonyl (C=O) groups is 1. The summed E-state index contributed by atoms with van der Waals surface area (Å²) in [4.78, 5) is 11.2. The molecule has 122 valence electrons. The fourth-order valence-electron chi connectivity index (χ4n) is 2.34. The Morgan fingerprint density at radius 3 is 2.65 bits per heavy atom. The molecule has 0 saturated carbocycles. The Labute approximate surface area is 137 Å². The van der Waals surface area contributed by atoms with Crippen molar-refractivity contribution in [2.45, 2.75) is 26.7 Å². The fraction of sp³-hybridized carbons (Fsp3) is 0.316. The molecule has 0 atom stereocenters. The van der Waals surface area contributed by atoms with Crippen LogP contribution in [0.4, 0.5) is 5.69 Å². The van der Waals surface area contributed by atoms with Gasteiger partial charge in [-0.2, -0.15) is 0 Å². The lowest BCUT2D eigenvalue weighted by Gasteiger charge is -2.11. The minimum absolute atomic E-state index is 0.321. The van der Waals surface area contributed by atoms with Crippen LogP contribution in [0.25, 0.3) is 0 Å². The molecular formula is C19H23NO3. The third-order valence-electron chi connectivity index (χ3n) is 3.64. The summed E-state index contributed by atoms with van der Waals surface area (Å²) in [6.07, 6.45) is 1.83. The van der Waals surface area contributed by atoms with Gasteiger partial charge in [0.05, 0.1) is 12.2 Å². The molecule has 4 heteroatoms. The standard InChI is InChI=1S/C19H23NO3/c1-14-9-10-17(16(13-14)19(21)22)20-11-5-6-12-23-18-8-4-3-7-15(18)2/h3-4,7-10,13,20H,5-6,11-12H2,1-2H3,(H,21,22). The van der Waals surface area contributed by atoms with Crippen LogP contribution in [0, 0.1) is 13.8 Å². The highest BCUT2D eigenvalue weighted by atomic mass is 16.5. The minimum Gasteiger partial charge on any atom is -0.493 e. The van der Waals surface area contributed by atoms with Crippen molar-refractivity contribution in [1.82, 2.24) is 0 Å². The van der Waals surface area contributed by atoms with E-state index in [1.807, 2.05) is 50.2 Å². The first kappa shape index (κ1) is 16.9. The summed E-state index contributed by atoms with van der Waals surface area (Å²) in [5.41, 5.74) is 3.07. The van der Waals surface area contributed by atoms with E-state index in [1.54, 1.807) is 6.07 Å². The van der Waals surface area contributed by atoms with Gasteiger partial charge in [0.1, 0.15) is 5.75 Å². The summed E-state index contributed by atoms with van der Waals surface area (Å²) < 4.78 is 5.74. The van der Waals surface area contributed by atoms with E-state index in [4.69, 9.17) is 4.74 Å². The number of rotatable bonds is 8. The van der Waals surface area contributed by atoms with E-state index in [1.165, 1.54) is 0 Å². The highest BCUT2D eigenvalue weighted by Crippen LogP contribution is 2.18. The number of aromatic carboxylic acids is 1. The molecule has 0 aromatic heterocycles. The van der Waals surface area contributed by atoms with Crippen molar-refractivity contribution in [3.05, 3.63) is 59.2 Å². The average Bonchev–Trinajstić information content (AvgIpc) is 2.53. The number of para-hydroxylation sites is 1. The van der Waals surface area contributed by atoms with Gasteiger partial charge in [-0.15, -0.1) is 0 Å². The van der Waals surface area contributed by atoms with E-state index in [2.05, 4.69) is 5.32 Å². The number of carboxylic acid groups (broad SMARTS) is 1. The number of hydrogen-bond acceptors (Lipinski definition) is 3. The van der Waals surface area contributed by atoms with Gasteiger partial charge in [-0.05, 0) is 50.5 Å². The number of carboxylic acids is 1. The van der Waals surface area contributed by atoms with Crippen LogP contribution < -0.4 is 10.1 Å². The predicted octanol–water partition coefficient (Wildman–Crippen LogP) is 4.27. The van der Waals surface area contributed by atoms with Gasteiger partial charge in [0.2, 0.25) is 0 Å². The van der Waals surface area contributed by atoms with Gasteiger partial charge in [0, 0.05) is 12.2 Å². The second-order valence-electron chi connectivity index (χ2n) is 5.60. The molecule has 0 aliphatic heterocycles. The fourth-order valence-corrected chi connectivity index (χ4v) is 2.34. The summed E-state index contributed by atoms with van der Waals surface area (Å²) in [7, 11) is 0. The van der Waals surface area contributed by atoms with Crippen molar-refractivity contribution in [3.63, 3.8) is 0 Å². The Morgan fingerprint density at radius 1 is 1.13 bits per heavy atom. The molecule has 4 nitrogen and oxygen atoms in total. The van der Waals surface area contributed by atoms with Crippen LogP contribution >= 0.6 is 0 Å². The molecule has 0 radical (unpaired) electrons. The van der Waals surface area contributed by atoms with Gasteiger partial charge in [-0.1, -0.05) is 29.8 Å². The largest absolute Gasteiger partial charge is 0.493 e. The van der Waals surface area contributed by atoms with Gasteiger partial charge in [0.15, 0.2) is 0 Å². The van der Waals surface area contributed by atoms with Crippen LogP contribution in [-0.2, 0) is 0 Å². The summed E-state index contributed by atoms with van der Waals surface area (Å²) in [6, 6.07) is 13.4. The minimum atomic E-state index is -0.904. The lowest BCUT2D eigenvalue weighted by atomic mass is 10.1. The molecule has 0 fully saturated rings. The van der Waals surface area contributed by atoms with E-state index in [-0.39, 0.29) is 0 Å². The van der Waals surface area contributed by atoms with E-state index in [0.29, 0.717) is 17.9 Å². The maximum absolute atomic E-state index is 11.2. The number of anilines is 1. The van der Waals surface area contributed by atoms with Gasteiger partial charge in [-0.3, -0.25) is 0 Å². The molecule has 0 saturated heterocycles. The van der Waals surface area contributed by atoms with Crippen molar-refractivity contribution in [2.75, 3.05) is 18.5 Å². The van der Waals surface area contributed by atoms with Crippen molar-refractivity contribution in [2.24, 2.45) is 0 Å². The molecule has 0 heterocycles. The molecule has 0 bridgehead atoms. The maximum atomic E-state index is 11.2. The van der Waals surface area contributed by atoms with Crippen LogP contribution in [0.5, 0.6) is 5.75 Å². The molecule has 0 spiro atoms. The van der Waals surface area contributed by atoms with Crippen LogP contribution in [0.3, 0.4) is 0 Å². The third kappa shape index (κ3) is 5.02. The lowest BCUT2D eigenvalue weighted by molar-refractivity contribution is 0.0698. The molecule has 2 aromatic rings. The van der Waals surface area contributed by atoms with E-state index < -0.39 is 5.97 Å². The number of aryl methyl sites for hydroxylation is 2. The zero-order valence-electron chi connectivity index (χ0n) is 13.6. The summed E-state index contributed by atoms with van der Waals surface area (Å²) in [5.74, 6) is 0.0197. The number of benzene rings is 2. The molecule has 23 heavy (non-hydrogen) atoms. The molecule has 0 aliphatic carbocycles. The predicted molar refractivity (Wildman–Crippen MR) is 92.5 cm³/mol. The number of hydrogen-bond donors (Lipinski definition) is 2. The Bertz CT molecular complexity index is 667. The van der Waals surface area contributed by atoms with Gasteiger partial charge >= 0.3 is 5.97 Å². The van der Waals surface area contributed by atoms with Crippen molar-refractivity contribution < 1.29 is 14.6 Å². The van der Waals surface area contributed by atoms with Crippen molar-refractivity contribution >= 4 is 11.7 Å². The van der Waals surface area contributed by atoms with Gasteiger partial charge in [-0.25, -0.2) is 4.79 Å². The van der Waals surface area contributed by atoms with Crippen LogP contribution in [-0.4, -0.2) is 24.2 Å². The van der Waals surface area contributed by atoms with E-state index in [9.17, 15) is 9.90 Å². The highest BCUT2D eigenvalue weighted by Gasteiger charge is 2.09. The molecule has 2 aromatic carbocycles. The zero-order chi connectivity index (χ0) is 16.7. The van der Waals surface area contributed by atoms with Gasteiger partial charge in [0.25, 0.3) is 0 Å². The Kier molecular flexibility index (Phi) is 6.03. The second kappa shape index (κ2) is 8.22. The Morgan fingerprint density at radius 2 is 1.91 bits per heavy atom. The first-order valence-corrected chi connectivity index (χ1v) is 7.84. The van der Waals surface area contributed by atoms with Crippen molar-refractivity contribution in [3.8, 4) is 5.75 Å². The second-order valence-corrected chi connectivity index (χ2v) is 5.60. The molecule has 0 amide bonds. The number of ether oxygens (including phenoxy) is 1. The first-order valence-electron chi connectivity index (χ1n) is 7.84. The van der Waals surface area contributed by atoms with Gasteiger partial charge < -0.3 is 15.2 Å². The quantitative estimate of drug-likeness (QED) is 0.714. The molecule has 0 unspecified atom stereocenters. The summed E-state index contributed by atoms with van der Waals surface area (Å²) in [5, 5.41) is 12.4. The smallest absolute Gasteiger partial charge is 0.337 e. The normalized spacial score (nSPS) is 10.3. The lowest BCUT2D eigenvalue weighted by Crippen LogP contribution is -2.09. The Hall–Kier alpha value is -2.49. The van der Waals surface area contributed by atoms with Crippen LogP contribution in [0.2, 0.25) is 0 Å². The van der Waals surface area contributed by atoms with Crippen molar-refractivity contribution in [1.29, 1.82) is 0 Å². The number of nitrogens with one attached hydrogen (secondary N) is 1. The maximum Gasteiger partial charge on any atom is 0.337 e. The molecular weight excluding hydrogens is 290 g/mol. The zero-order valence-corrected chi connectivity index (χ0v) is 13.6. The number of unbranched alkanes of at least 4 members (excludes halogenated alkanes) is 1. The SMILES string of the molecule is Cc1ccc(NCCCCOc2ccccc2C)c(C(=O)O)c1. The monoisotopic (exact) mass is 313 g/mol. The van der Waals surface area contributed by atoms with E-state index >= 15 is 0 Å². The molecule has 2 N–H and O–H groups in total. The highest BCUT2D eigenvalue weighted by molar-refractivity contribution is 5.94.